The number of aromatic nitrogens is 3. The Kier molecular flexibility index (Phi) is 1.53. The van der Waals surface area contributed by atoms with E-state index in [4.69, 9.17) is 10.2 Å². The number of imidazole rings is 1. The fourth-order valence-electron chi connectivity index (χ4n) is 1.08. The zero-order valence-corrected chi connectivity index (χ0v) is 6.10. The van der Waals surface area contributed by atoms with Crippen LogP contribution in [0.15, 0.2) is 18.6 Å². The summed E-state index contributed by atoms with van der Waals surface area (Å²) in [6, 6.07) is 1.53. The van der Waals surface area contributed by atoms with Gasteiger partial charge in [0, 0.05) is 11.8 Å². The Labute approximate surface area is 67.7 Å². The molecule has 0 bridgehead atoms. The summed E-state index contributed by atoms with van der Waals surface area (Å²) in [5.74, 6) is 0. The molecule has 0 unspecified atom stereocenters. The van der Waals surface area contributed by atoms with Gasteiger partial charge in [-0.15, -0.1) is 0 Å². The highest BCUT2D eigenvalue weighted by molar-refractivity contribution is 5.73. The van der Waals surface area contributed by atoms with Gasteiger partial charge in [-0.2, -0.15) is 0 Å². The van der Waals surface area contributed by atoms with Crippen LogP contribution < -0.4 is 0 Å². The quantitative estimate of drug-likeness (QED) is 0.517. The van der Waals surface area contributed by atoms with Crippen molar-refractivity contribution in [3.05, 3.63) is 24.2 Å². The van der Waals surface area contributed by atoms with Gasteiger partial charge in [0.2, 0.25) is 0 Å². The van der Waals surface area contributed by atoms with Crippen LogP contribution in [-0.4, -0.2) is 25.2 Å². The summed E-state index contributed by atoms with van der Waals surface area (Å²) < 4.78 is 0. The number of fused-ring (bicyclic) bond motifs is 1. The van der Waals surface area contributed by atoms with E-state index in [0.29, 0.717) is 16.7 Å². The van der Waals surface area contributed by atoms with Gasteiger partial charge in [0.25, 0.3) is 0 Å². The third-order valence-electron chi connectivity index (χ3n) is 1.64. The Balaban J connectivity index is 2.73. The maximum atomic E-state index is 8.92. The molecule has 2 aromatic rings. The standard InChI is InChI=1S/C7H7N3O2/c11-7(12)4-1-2-8-6-5(4)9-3-10-6/h1-3,7,11-12H,(H,8,9,10). The lowest BCUT2D eigenvalue weighted by molar-refractivity contribution is -0.0414. The van der Waals surface area contributed by atoms with E-state index >= 15 is 0 Å². The lowest BCUT2D eigenvalue weighted by atomic mass is 10.2. The highest BCUT2D eigenvalue weighted by Gasteiger charge is 2.08. The van der Waals surface area contributed by atoms with E-state index in [1.54, 1.807) is 0 Å². The average Bonchev–Trinajstić information content (AvgIpc) is 2.49. The Bertz CT molecular complexity index is 396. The molecular weight excluding hydrogens is 158 g/mol. The third-order valence-corrected chi connectivity index (χ3v) is 1.64. The second kappa shape index (κ2) is 2.54. The molecule has 0 aliphatic rings. The molecule has 5 heteroatoms. The van der Waals surface area contributed by atoms with Crippen LogP contribution in [0.3, 0.4) is 0 Å². The molecule has 2 heterocycles. The van der Waals surface area contributed by atoms with Crippen LogP contribution in [0, 0.1) is 0 Å². The molecule has 0 atom stereocenters. The second-order valence-corrected chi connectivity index (χ2v) is 2.37. The lowest BCUT2D eigenvalue weighted by Crippen LogP contribution is -1.96. The number of nitrogens with one attached hydrogen (secondary N) is 1. The Morgan fingerprint density at radius 1 is 1.33 bits per heavy atom. The van der Waals surface area contributed by atoms with Crippen LogP contribution in [0.25, 0.3) is 11.2 Å². The van der Waals surface area contributed by atoms with Crippen LogP contribution >= 0.6 is 0 Å². The molecule has 0 radical (unpaired) electrons. The molecule has 0 saturated carbocycles. The summed E-state index contributed by atoms with van der Waals surface area (Å²) in [4.78, 5) is 10.6. The molecule has 62 valence electrons. The van der Waals surface area contributed by atoms with Crippen molar-refractivity contribution in [1.82, 2.24) is 15.0 Å². The molecule has 0 amide bonds. The largest absolute Gasteiger partial charge is 0.364 e. The number of hydrogen-bond donors (Lipinski definition) is 3. The van der Waals surface area contributed by atoms with Crippen molar-refractivity contribution in [2.24, 2.45) is 0 Å². The molecule has 12 heavy (non-hydrogen) atoms. The number of nitrogens with zero attached hydrogens (tertiary/aromatic N) is 2. The number of rotatable bonds is 1. The lowest BCUT2D eigenvalue weighted by Gasteiger charge is -2.02. The Morgan fingerprint density at radius 3 is 2.92 bits per heavy atom. The van der Waals surface area contributed by atoms with E-state index in [0.717, 1.165) is 0 Å². The van der Waals surface area contributed by atoms with Crippen molar-refractivity contribution in [2.45, 2.75) is 6.29 Å². The van der Waals surface area contributed by atoms with E-state index < -0.39 is 6.29 Å². The average molecular weight is 165 g/mol. The van der Waals surface area contributed by atoms with Gasteiger partial charge >= 0.3 is 0 Å². The number of hydrogen-bond acceptors (Lipinski definition) is 4. The number of pyridine rings is 1. The molecule has 0 spiro atoms. The first-order chi connectivity index (χ1) is 5.79. The van der Waals surface area contributed by atoms with Crippen molar-refractivity contribution >= 4 is 11.2 Å². The van der Waals surface area contributed by atoms with Crippen molar-refractivity contribution in [3.63, 3.8) is 0 Å². The normalized spacial score (nSPS) is 11.2. The van der Waals surface area contributed by atoms with E-state index in [9.17, 15) is 0 Å². The number of H-pyrrole nitrogens is 1. The van der Waals surface area contributed by atoms with Crippen LogP contribution in [0.2, 0.25) is 0 Å². The van der Waals surface area contributed by atoms with E-state index in [2.05, 4.69) is 15.0 Å². The Morgan fingerprint density at radius 2 is 2.17 bits per heavy atom. The van der Waals surface area contributed by atoms with Crippen LogP contribution in [-0.2, 0) is 0 Å². The van der Waals surface area contributed by atoms with Gasteiger partial charge in [0.1, 0.15) is 0 Å². The molecule has 0 fully saturated rings. The van der Waals surface area contributed by atoms with Crippen LogP contribution in [0.1, 0.15) is 11.9 Å². The van der Waals surface area contributed by atoms with Crippen molar-refractivity contribution < 1.29 is 10.2 Å². The molecule has 0 saturated heterocycles. The van der Waals surface area contributed by atoms with Crippen LogP contribution in [0.4, 0.5) is 0 Å². The van der Waals surface area contributed by atoms with Crippen molar-refractivity contribution in [3.8, 4) is 0 Å². The predicted octanol–water partition coefficient (Wildman–Crippen LogP) is -0.0589. The predicted molar refractivity (Wildman–Crippen MR) is 41.1 cm³/mol. The minimum absolute atomic E-state index is 0.387. The maximum absolute atomic E-state index is 8.92. The topological polar surface area (TPSA) is 82.0 Å². The van der Waals surface area contributed by atoms with Gasteiger partial charge in [-0.1, -0.05) is 0 Å². The van der Waals surface area contributed by atoms with Gasteiger partial charge in [0.05, 0.1) is 11.8 Å². The summed E-state index contributed by atoms with van der Waals surface area (Å²) in [6.45, 7) is 0. The molecular formula is C7H7N3O2. The monoisotopic (exact) mass is 165 g/mol. The summed E-state index contributed by atoms with van der Waals surface area (Å²) in [5.41, 5.74) is 1.44. The van der Waals surface area contributed by atoms with Crippen molar-refractivity contribution in [1.29, 1.82) is 0 Å². The summed E-state index contributed by atoms with van der Waals surface area (Å²) in [6.07, 6.45) is 1.46. The summed E-state index contributed by atoms with van der Waals surface area (Å²) >= 11 is 0. The van der Waals surface area contributed by atoms with E-state index in [1.807, 2.05) is 0 Å². The van der Waals surface area contributed by atoms with E-state index in [1.165, 1.54) is 18.6 Å². The molecule has 3 N–H and O–H groups in total. The smallest absolute Gasteiger partial charge is 0.180 e. The highest BCUT2D eigenvalue weighted by atomic mass is 16.5. The first-order valence-corrected chi connectivity index (χ1v) is 3.43. The molecule has 0 aliphatic carbocycles. The zero-order chi connectivity index (χ0) is 8.55. The minimum atomic E-state index is -1.49. The highest BCUT2D eigenvalue weighted by Crippen LogP contribution is 2.17. The summed E-state index contributed by atoms with van der Waals surface area (Å²) in [5, 5.41) is 17.8. The molecule has 2 aromatic heterocycles. The molecule has 0 aliphatic heterocycles. The number of aliphatic hydroxyl groups excluding tert-OH is 1. The minimum Gasteiger partial charge on any atom is -0.364 e. The summed E-state index contributed by atoms with van der Waals surface area (Å²) in [7, 11) is 0. The van der Waals surface area contributed by atoms with Gasteiger partial charge in [0.15, 0.2) is 11.9 Å². The van der Waals surface area contributed by atoms with Crippen LogP contribution in [0.5, 0.6) is 0 Å². The number of aromatic amines is 1. The van der Waals surface area contributed by atoms with Gasteiger partial charge in [-0.05, 0) is 6.07 Å². The SMILES string of the molecule is OC(O)c1ccnc2nc[nH]c12. The molecule has 5 nitrogen and oxygen atoms in total. The zero-order valence-electron chi connectivity index (χ0n) is 6.10. The third kappa shape index (κ3) is 0.956. The molecule has 0 aromatic carbocycles. The van der Waals surface area contributed by atoms with E-state index in [-0.39, 0.29) is 0 Å². The van der Waals surface area contributed by atoms with Gasteiger partial charge < -0.3 is 15.2 Å². The Hall–Kier alpha value is -1.46. The van der Waals surface area contributed by atoms with Gasteiger partial charge in [-0.3, -0.25) is 0 Å². The van der Waals surface area contributed by atoms with Crippen molar-refractivity contribution in [2.75, 3.05) is 0 Å². The first-order valence-electron chi connectivity index (χ1n) is 3.43. The number of aliphatic hydroxyl groups is 2. The van der Waals surface area contributed by atoms with Gasteiger partial charge in [-0.25, -0.2) is 9.97 Å². The maximum Gasteiger partial charge on any atom is 0.180 e. The second-order valence-electron chi connectivity index (χ2n) is 2.37. The molecule has 2 rings (SSSR count). The fraction of sp³-hybridized carbons (Fsp3) is 0.143. The first kappa shape index (κ1) is 7.20. The fourth-order valence-corrected chi connectivity index (χ4v) is 1.08.